The molecule has 3 amide bonds. The number of hydrogen-bond donors (Lipinski definition) is 2. The van der Waals surface area contributed by atoms with E-state index in [4.69, 9.17) is 4.74 Å². The van der Waals surface area contributed by atoms with Crippen LogP contribution in [0.15, 0.2) is 24.3 Å². The third-order valence-electron chi connectivity index (χ3n) is 6.15. The largest absolute Gasteiger partial charge is 0.491 e. The number of imide groups is 1. The van der Waals surface area contributed by atoms with Crippen molar-refractivity contribution in [3.8, 4) is 5.75 Å². The fourth-order valence-electron chi connectivity index (χ4n) is 5.20. The van der Waals surface area contributed by atoms with Crippen molar-refractivity contribution in [1.82, 2.24) is 10.2 Å². The first-order valence-corrected chi connectivity index (χ1v) is 11.0. The van der Waals surface area contributed by atoms with Crippen LogP contribution in [-0.2, 0) is 16.0 Å². The second-order valence-electron chi connectivity index (χ2n) is 10.1. The van der Waals surface area contributed by atoms with Gasteiger partial charge in [0.2, 0.25) is 0 Å². The summed E-state index contributed by atoms with van der Waals surface area (Å²) >= 11 is 0. The van der Waals surface area contributed by atoms with Crippen molar-refractivity contribution in [2.75, 3.05) is 13.2 Å². The Morgan fingerprint density at radius 2 is 1.94 bits per heavy atom. The molecule has 1 aromatic rings. The molecule has 2 fully saturated rings. The highest BCUT2D eigenvalue weighted by Crippen LogP contribution is 2.46. The number of carbonyl (C=O) groups is 3. The van der Waals surface area contributed by atoms with E-state index in [1.165, 1.54) is 0 Å². The van der Waals surface area contributed by atoms with Crippen LogP contribution in [0.2, 0.25) is 0 Å². The first-order valence-electron chi connectivity index (χ1n) is 11.0. The van der Waals surface area contributed by atoms with E-state index >= 15 is 0 Å². The van der Waals surface area contributed by atoms with Gasteiger partial charge >= 0.3 is 6.03 Å². The predicted octanol–water partition coefficient (Wildman–Crippen LogP) is 3.08. The van der Waals surface area contributed by atoms with Gasteiger partial charge in [-0.1, -0.05) is 32.9 Å². The van der Waals surface area contributed by atoms with Crippen LogP contribution in [0.25, 0.3) is 0 Å². The number of aliphatic hydroxyl groups excluding tert-OH is 1. The van der Waals surface area contributed by atoms with Crippen molar-refractivity contribution in [2.24, 2.45) is 11.3 Å². The van der Waals surface area contributed by atoms with Gasteiger partial charge in [0.15, 0.2) is 0 Å². The fourth-order valence-corrected chi connectivity index (χ4v) is 5.20. The summed E-state index contributed by atoms with van der Waals surface area (Å²) in [6.45, 7) is 7.80. The standard InChI is InChI=1S/C24H34N2O5/c1-16-11-23(3,4)15-24(12-16)21(29)26(22(30)25-24)13-19(28)14-31-20-9-7-18(8-10-20)6-5-17(2)27/h7-10,16,19,28H,5-6,11-15H2,1-4H3,(H,25,30)/t16-,19-,24-/m1/s1. The maximum Gasteiger partial charge on any atom is 0.325 e. The molecule has 0 aromatic heterocycles. The zero-order valence-corrected chi connectivity index (χ0v) is 18.9. The molecule has 1 aromatic carbocycles. The highest BCUT2D eigenvalue weighted by Gasteiger charge is 2.56. The molecule has 7 nitrogen and oxygen atoms in total. The summed E-state index contributed by atoms with van der Waals surface area (Å²) in [6, 6.07) is 6.91. The van der Waals surface area contributed by atoms with E-state index in [0.29, 0.717) is 37.4 Å². The molecule has 31 heavy (non-hydrogen) atoms. The van der Waals surface area contributed by atoms with Crippen molar-refractivity contribution in [3.05, 3.63) is 29.8 Å². The molecular formula is C24H34N2O5. The van der Waals surface area contributed by atoms with Crippen LogP contribution in [0.4, 0.5) is 4.79 Å². The van der Waals surface area contributed by atoms with Crippen molar-refractivity contribution in [3.63, 3.8) is 0 Å². The first kappa shape index (κ1) is 23.3. The monoisotopic (exact) mass is 430 g/mol. The van der Waals surface area contributed by atoms with E-state index in [1.54, 1.807) is 19.1 Å². The average molecular weight is 431 g/mol. The number of aryl methyl sites for hydroxylation is 1. The molecule has 7 heteroatoms. The van der Waals surface area contributed by atoms with Crippen molar-refractivity contribution >= 4 is 17.7 Å². The molecule has 170 valence electrons. The number of β-amino-alcohol motifs (C(OH)–C–C–N with tert-alkyl or cyclic N) is 1. The van der Waals surface area contributed by atoms with Crippen LogP contribution >= 0.6 is 0 Å². The van der Waals surface area contributed by atoms with Gasteiger partial charge < -0.3 is 20.0 Å². The van der Waals surface area contributed by atoms with Gasteiger partial charge in [0.25, 0.3) is 5.91 Å². The quantitative estimate of drug-likeness (QED) is 0.618. The van der Waals surface area contributed by atoms with Gasteiger partial charge in [-0.2, -0.15) is 0 Å². The minimum Gasteiger partial charge on any atom is -0.491 e. The number of ketones is 1. The highest BCUT2D eigenvalue weighted by atomic mass is 16.5. The van der Waals surface area contributed by atoms with Crippen LogP contribution in [0.5, 0.6) is 5.75 Å². The predicted molar refractivity (Wildman–Crippen MR) is 117 cm³/mol. The molecule has 0 unspecified atom stereocenters. The zero-order valence-electron chi connectivity index (χ0n) is 18.9. The molecule has 1 heterocycles. The summed E-state index contributed by atoms with van der Waals surface area (Å²) in [5, 5.41) is 13.3. The molecule has 0 radical (unpaired) electrons. The molecule has 1 saturated heterocycles. The van der Waals surface area contributed by atoms with Crippen molar-refractivity contribution in [1.29, 1.82) is 0 Å². The van der Waals surface area contributed by atoms with E-state index in [0.717, 1.165) is 16.9 Å². The summed E-state index contributed by atoms with van der Waals surface area (Å²) in [7, 11) is 0. The lowest BCUT2D eigenvalue weighted by atomic mass is 9.64. The third kappa shape index (κ3) is 5.64. The summed E-state index contributed by atoms with van der Waals surface area (Å²) in [5.41, 5.74) is 0.140. The van der Waals surface area contributed by atoms with Crippen molar-refractivity contribution in [2.45, 2.75) is 71.4 Å². The number of nitrogens with one attached hydrogen (secondary N) is 1. The lowest BCUT2D eigenvalue weighted by Gasteiger charge is -2.43. The van der Waals surface area contributed by atoms with Gasteiger partial charge in [-0.15, -0.1) is 0 Å². The molecule has 1 aliphatic heterocycles. The first-order chi connectivity index (χ1) is 14.5. The highest BCUT2D eigenvalue weighted by molar-refractivity contribution is 6.07. The molecule has 2 aliphatic rings. The smallest absolute Gasteiger partial charge is 0.325 e. The van der Waals surface area contributed by atoms with Crippen LogP contribution in [-0.4, -0.2) is 52.5 Å². The molecule has 3 atom stereocenters. The van der Waals surface area contributed by atoms with E-state index in [-0.39, 0.29) is 30.3 Å². The van der Waals surface area contributed by atoms with E-state index in [9.17, 15) is 19.5 Å². The molecule has 1 spiro atoms. The summed E-state index contributed by atoms with van der Waals surface area (Å²) in [5.74, 6) is 0.824. The Morgan fingerprint density at radius 3 is 2.55 bits per heavy atom. The molecule has 3 rings (SSSR count). The topological polar surface area (TPSA) is 95.9 Å². The molecule has 0 bridgehead atoms. The van der Waals surface area contributed by atoms with Gasteiger partial charge in [0.05, 0.1) is 6.54 Å². The number of aliphatic hydroxyl groups is 1. The van der Waals surface area contributed by atoms with E-state index in [1.807, 2.05) is 12.1 Å². The Labute approximate surface area is 184 Å². The number of amides is 3. The van der Waals surface area contributed by atoms with Gasteiger partial charge in [-0.05, 0) is 61.6 Å². The Morgan fingerprint density at radius 1 is 1.26 bits per heavy atom. The molecule has 2 N–H and O–H groups in total. The zero-order chi connectivity index (χ0) is 22.8. The fraction of sp³-hybridized carbons (Fsp3) is 0.625. The van der Waals surface area contributed by atoms with Gasteiger partial charge in [-0.25, -0.2) is 4.79 Å². The number of urea groups is 1. The molecule has 1 aliphatic carbocycles. The molecule has 1 saturated carbocycles. The molecular weight excluding hydrogens is 396 g/mol. The number of nitrogens with zero attached hydrogens (tertiary/aromatic N) is 1. The van der Waals surface area contributed by atoms with Crippen LogP contribution in [0, 0.1) is 11.3 Å². The SMILES string of the molecule is CC(=O)CCc1ccc(OC[C@H](O)CN2C(=O)N[C@@]3(C[C@H](C)CC(C)(C)C3)C2=O)cc1. The summed E-state index contributed by atoms with van der Waals surface area (Å²) in [4.78, 5) is 37.9. The number of benzene rings is 1. The number of Topliss-reactive ketones (excluding diaryl/α,β-unsaturated/α-hetero) is 1. The van der Waals surface area contributed by atoms with Gasteiger partial charge in [0.1, 0.15) is 29.8 Å². The summed E-state index contributed by atoms with van der Waals surface area (Å²) < 4.78 is 5.63. The third-order valence-corrected chi connectivity index (χ3v) is 6.15. The van der Waals surface area contributed by atoms with Crippen molar-refractivity contribution < 1.29 is 24.2 Å². The average Bonchev–Trinajstić information content (AvgIpc) is 2.87. The Balaban J connectivity index is 1.54. The maximum atomic E-state index is 13.1. The minimum atomic E-state index is -0.990. The minimum absolute atomic E-state index is 0.0290. The lowest BCUT2D eigenvalue weighted by Crippen LogP contribution is -2.54. The number of ether oxygens (including phenoxy) is 1. The summed E-state index contributed by atoms with van der Waals surface area (Å²) in [6.07, 6.45) is 2.44. The maximum absolute atomic E-state index is 13.1. The number of rotatable bonds is 8. The Bertz CT molecular complexity index is 835. The number of carbonyl (C=O) groups excluding carboxylic acids is 3. The van der Waals surface area contributed by atoms with E-state index < -0.39 is 17.7 Å². The van der Waals surface area contributed by atoms with Gasteiger partial charge in [-0.3, -0.25) is 9.69 Å². The van der Waals surface area contributed by atoms with Crippen LogP contribution in [0.3, 0.4) is 0 Å². The van der Waals surface area contributed by atoms with E-state index in [2.05, 4.69) is 26.1 Å². The van der Waals surface area contributed by atoms with Gasteiger partial charge in [0, 0.05) is 6.42 Å². The van der Waals surface area contributed by atoms with Crippen LogP contribution < -0.4 is 10.1 Å². The second kappa shape index (κ2) is 8.99. The normalized spacial score (nSPS) is 26.1. The Kier molecular flexibility index (Phi) is 6.74. The Hall–Kier alpha value is -2.41. The second-order valence-corrected chi connectivity index (χ2v) is 10.1. The number of hydrogen-bond acceptors (Lipinski definition) is 5. The van der Waals surface area contributed by atoms with Crippen LogP contribution in [0.1, 0.15) is 58.9 Å². The lowest BCUT2D eigenvalue weighted by molar-refractivity contribution is -0.135.